The Morgan fingerprint density at radius 2 is 2.11 bits per heavy atom. The van der Waals surface area contributed by atoms with E-state index in [0.717, 1.165) is 5.56 Å². The van der Waals surface area contributed by atoms with Crippen molar-refractivity contribution >= 4 is 23.3 Å². The van der Waals surface area contributed by atoms with Crippen molar-refractivity contribution in [3.8, 4) is 11.4 Å². The largest absolute Gasteiger partial charge is 0.311 e. The average Bonchev–Trinajstić information content (AvgIpc) is 2.39. The first-order valence-corrected chi connectivity index (χ1v) is 5.81. The van der Waals surface area contributed by atoms with Gasteiger partial charge in [-0.05, 0) is 18.2 Å². The van der Waals surface area contributed by atoms with Gasteiger partial charge in [0.15, 0.2) is 5.82 Å². The molecule has 1 N–H and O–H groups in total. The highest BCUT2D eigenvalue weighted by Crippen LogP contribution is 2.18. The predicted molar refractivity (Wildman–Crippen MR) is 69.2 cm³/mol. The standard InChI is InChI=1S/C12H11ClN4O/c1-2-11(18)16-10-4-6-15-12(17-10)8-3-5-14-9(13)7-8/h3-7H,2H2,1H3,(H,15,16,17,18). The first-order valence-electron chi connectivity index (χ1n) is 5.44. The summed E-state index contributed by atoms with van der Waals surface area (Å²) in [5, 5.41) is 3.05. The molecule has 18 heavy (non-hydrogen) atoms. The van der Waals surface area contributed by atoms with E-state index in [4.69, 9.17) is 11.6 Å². The first kappa shape index (κ1) is 12.4. The van der Waals surface area contributed by atoms with Gasteiger partial charge in [0.05, 0.1) is 0 Å². The number of anilines is 1. The summed E-state index contributed by atoms with van der Waals surface area (Å²) in [7, 11) is 0. The Morgan fingerprint density at radius 3 is 2.83 bits per heavy atom. The lowest BCUT2D eigenvalue weighted by Gasteiger charge is -2.04. The van der Waals surface area contributed by atoms with Crippen LogP contribution in [-0.2, 0) is 4.79 Å². The molecule has 0 atom stereocenters. The molecule has 2 heterocycles. The van der Waals surface area contributed by atoms with E-state index in [0.29, 0.717) is 23.2 Å². The fourth-order valence-electron chi connectivity index (χ4n) is 1.34. The Kier molecular flexibility index (Phi) is 3.84. The third-order valence-corrected chi connectivity index (χ3v) is 2.44. The molecule has 1 amide bonds. The van der Waals surface area contributed by atoms with E-state index in [-0.39, 0.29) is 5.91 Å². The van der Waals surface area contributed by atoms with Gasteiger partial charge in [-0.1, -0.05) is 18.5 Å². The molecule has 0 fully saturated rings. The van der Waals surface area contributed by atoms with Crippen LogP contribution in [0.5, 0.6) is 0 Å². The average molecular weight is 263 g/mol. The van der Waals surface area contributed by atoms with E-state index in [1.807, 2.05) is 0 Å². The number of aromatic nitrogens is 3. The summed E-state index contributed by atoms with van der Waals surface area (Å²) in [6, 6.07) is 5.06. The Morgan fingerprint density at radius 1 is 1.33 bits per heavy atom. The van der Waals surface area contributed by atoms with Crippen LogP contribution >= 0.6 is 11.6 Å². The van der Waals surface area contributed by atoms with Crippen LogP contribution in [0.1, 0.15) is 13.3 Å². The normalized spacial score (nSPS) is 10.1. The summed E-state index contributed by atoms with van der Waals surface area (Å²) in [6.07, 6.45) is 3.57. The number of halogens is 1. The van der Waals surface area contributed by atoms with Crippen molar-refractivity contribution in [3.63, 3.8) is 0 Å². The molecular weight excluding hydrogens is 252 g/mol. The molecule has 0 saturated heterocycles. The highest BCUT2D eigenvalue weighted by Gasteiger charge is 2.05. The molecule has 0 radical (unpaired) electrons. The Labute approximate surface area is 109 Å². The highest BCUT2D eigenvalue weighted by molar-refractivity contribution is 6.29. The van der Waals surface area contributed by atoms with Crippen molar-refractivity contribution in [2.75, 3.05) is 5.32 Å². The maximum atomic E-state index is 11.3. The molecule has 6 heteroatoms. The number of amides is 1. The van der Waals surface area contributed by atoms with E-state index in [9.17, 15) is 4.79 Å². The molecule has 0 aliphatic rings. The van der Waals surface area contributed by atoms with E-state index in [2.05, 4.69) is 20.3 Å². The van der Waals surface area contributed by atoms with Gasteiger partial charge < -0.3 is 5.32 Å². The fraction of sp³-hybridized carbons (Fsp3) is 0.167. The topological polar surface area (TPSA) is 67.8 Å². The van der Waals surface area contributed by atoms with Crippen molar-refractivity contribution in [1.82, 2.24) is 15.0 Å². The van der Waals surface area contributed by atoms with Crippen molar-refractivity contribution in [3.05, 3.63) is 35.7 Å². The molecule has 5 nitrogen and oxygen atoms in total. The molecule has 2 aromatic rings. The Bertz CT molecular complexity index is 574. The maximum absolute atomic E-state index is 11.3. The SMILES string of the molecule is CCC(=O)Nc1ccnc(-c2ccnc(Cl)c2)n1. The summed E-state index contributed by atoms with van der Waals surface area (Å²) < 4.78 is 0. The zero-order valence-corrected chi connectivity index (χ0v) is 10.5. The van der Waals surface area contributed by atoms with Crippen LogP contribution in [0.15, 0.2) is 30.6 Å². The smallest absolute Gasteiger partial charge is 0.225 e. The van der Waals surface area contributed by atoms with Crippen LogP contribution in [-0.4, -0.2) is 20.9 Å². The molecular formula is C12H11ClN4O. The quantitative estimate of drug-likeness (QED) is 0.863. The molecule has 0 bridgehead atoms. The van der Waals surface area contributed by atoms with Crippen LogP contribution in [0, 0.1) is 0 Å². The Hall–Kier alpha value is -2.01. The van der Waals surface area contributed by atoms with Gasteiger partial charge in [0, 0.05) is 24.4 Å². The van der Waals surface area contributed by atoms with Crippen molar-refractivity contribution < 1.29 is 4.79 Å². The number of carbonyl (C=O) groups excluding carboxylic acids is 1. The van der Waals surface area contributed by atoms with Gasteiger partial charge in [-0.3, -0.25) is 4.79 Å². The number of rotatable bonds is 3. The van der Waals surface area contributed by atoms with E-state index < -0.39 is 0 Å². The van der Waals surface area contributed by atoms with Crippen LogP contribution in [0.25, 0.3) is 11.4 Å². The van der Waals surface area contributed by atoms with Gasteiger partial charge in [0.2, 0.25) is 5.91 Å². The van der Waals surface area contributed by atoms with Crippen LogP contribution < -0.4 is 5.32 Å². The fourth-order valence-corrected chi connectivity index (χ4v) is 1.51. The number of pyridine rings is 1. The van der Waals surface area contributed by atoms with Gasteiger partial charge in [0.25, 0.3) is 0 Å². The summed E-state index contributed by atoms with van der Waals surface area (Å²) >= 11 is 5.80. The molecule has 0 aliphatic carbocycles. The van der Waals surface area contributed by atoms with Crippen LogP contribution in [0.2, 0.25) is 5.15 Å². The number of carbonyl (C=O) groups is 1. The molecule has 0 unspecified atom stereocenters. The number of nitrogens with zero attached hydrogens (tertiary/aromatic N) is 3. The summed E-state index contributed by atoms with van der Waals surface area (Å²) in [5.41, 5.74) is 0.752. The minimum absolute atomic E-state index is 0.0904. The van der Waals surface area contributed by atoms with E-state index in [1.165, 1.54) is 0 Å². The third kappa shape index (κ3) is 3.01. The molecule has 2 rings (SSSR count). The van der Waals surface area contributed by atoms with Crippen molar-refractivity contribution in [1.29, 1.82) is 0 Å². The minimum atomic E-state index is -0.0904. The van der Waals surface area contributed by atoms with Gasteiger partial charge in [-0.15, -0.1) is 0 Å². The van der Waals surface area contributed by atoms with Crippen molar-refractivity contribution in [2.24, 2.45) is 0 Å². The lowest BCUT2D eigenvalue weighted by Crippen LogP contribution is -2.11. The summed E-state index contributed by atoms with van der Waals surface area (Å²) in [6.45, 7) is 1.78. The van der Waals surface area contributed by atoms with Crippen LogP contribution in [0.3, 0.4) is 0 Å². The number of hydrogen-bond donors (Lipinski definition) is 1. The Balaban J connectivity index is 2.29. The summed E-state index contributed by atoms with van der Waals surface area (Å²) in [5.74, 6) is 0.875. The first-order chi connectivity index (χ1) is 8.69. The summed E-state index contributed by atoms with van der Waals surface area (Å²) in [4.78, 5) is 23.5. The van der Waals surface area contributed by atoms with E-state index in [1.54, 1.807) is 37.5 Å². The van der Waals surface area contributed by atoms with Crippen molar-refractivity contribution in [2.45, 2.75) is 13.3 Å². The number of hydrogen-bond acceptors (Lipinski definition) is 4. The second-order valence-electron chi connectivity index (χ2n) is 3.53. The third-order valence-electron chi connectivity index (χ3n) is 2.23. The molecule has 0 saturated carbocycles. The zero-order valence-electron chi connectivity index (χ0n) is 9.72. The van der Waals surface area contributed by atoms with Gasteiger partial charge in [-0.2, -0.15) is 0 Å². The molecule has 0 aromatic carbocycles. The number of nitrogens with one attached hydrogen (secondary N) is 1. The molecule has 2 aromatic heterocycles. The molecule has 0 aliphatic heterocycles. The van der Waals surface area contributed by atoms with E-state index >= 15 is 0 Å². The lowest BCUT2D eigenvalue weighted by atomic mass is 10.2. The predicted octanol–water partition coefficient (Wildman–Crippen LogP) is 2.54. The minimum Gasteiger partial charge on any atom is -0.311 e. The zero-order chi connectivity index (χ0) is 13.0. The van der Waals surface area contributed by atoms with Gasteiger partial charge in [0.1, 0.15) is 11.0 Å². The van der Waals surface area contributed by atoms with Crippen LogP contribution in [0.4, 0.5) is 5.82 Å². The van der Waals surface area contributed by atoms with Gasteiger partial charge in [-0.25, -0.2) is 15.0 Å². The van der Waals surface area contributed by atoms with Gasteiger partial charge >= 0.3 is 0 Å². The molecule has 0 spiro atoms. The second-order valence-corrected chi connectivity index (χ2v) is 3.92. The lowest BCUT2D eigenvalue weighted by molar-refractivity contribution is -0.115. The molecule has 92 valence electrons. The maximum Gasteiger partial charge on any atom is 0.225 e. The second kappa shape index (κ2) is 5.55. The monoisotopic (exact) mass is 262 g/mol. The highest BCUT2D eigenvalue weighted by atomic mass is 35.5.